The van der Waals surface area contributed by atoms with Gasteiger partial charge in [0.25, 0.3) is 0 Å². The Balaban J connectivity index is 3.07. The van der Waals surface area contributed by atoms with E-state index >= 15 is 0 Å². The Morgan fingerprint density at radius 2 is 1.57 bits per heavy atom. The van der Waals surface area contributed by atoms with E-state index in [1.807, 2.05) is 0 Å². The molecule has 1 rings (SSSR count). The number of esters is 1. The Hall–Kier alpha value is -2.50. The van der Waals surface area contributed by atoms with Crippen LogP contribution in [0.3, 0.4) is 0 Å². The van der Waals surface area contributed by atoms with Crippen LogP contribution < -0.4 is 14.2 Å². The Labute approximate surface area is 123 Å². The van der Waals surface area contributed by atoms with E-state index in [4.69, 9.17) is 18.9 Å². The van der Waals surface area contributed by atoms with Crippen molar-refractivity contribution in [2.45, 2.75) is 6.92 Å². The van der Waals surface area contributed by atoms with Crippen LogP contribution in [0.25, 0.3) is 0 Å². The van der Waals surface area contributed by atoms with E-state index in [-0.39, 0.29) is 22.6 Å². The number of carbonyl (C=O) groups excluding carboxylic acids is 2. The summed E-state index contributed by atoms with van der Waals surface area (Å²) in [5, 5.41) is 0. The first-order chi connectivity index (χ1) is 9.94. The molecule has 0 N–H and O–H groups in total. The molecule has 0 aliphatic rings. The molecule has 0 aliphatic heterocycles. The lowest BCUT2D eigenvalue weighted by Crippen LogP contribution is -2.16. The summed E-state index contributed by atoms with van der Waals surface area (Å²) in [6.45, 7) is 4.52. The van der Waals surface area contributed by atoms with Crippen molar-refractivity contribution in [3.63, 3.8) is 0 Å². The minimum absolute atomic E-state index is 0.190. The third-order valence-corrected chi connectivity index (χ3v) is 2.68. The molecule has 0 spiro atoms. The molecule has 0 unspecified atom stereocenters. The maximum absolute atomic E-state index is 12.2. The van der Waals surface area contributed by atoms with E-state index < -0.39 is 18.4 Å². The van der Waals surface area contributed by atoms with E-state index in [1.54, 1.807) is 12.1 Å². The van der Waals surface area contributed by atoms with Crippen LogP contribution in [0.4, 0.5) is 0 Å². The summed E-state index contributed by atoms with van der Waals surface area (Å²) in [7, 11) is 4.33. The highest BCUT2D eigenvalue weighted by molar-refractivity contribution is 6.03. The van der Waals surface area contributed by atoms with Gasteiger partial charge in [0.2, 0.25) is 5.78 Å². The van der Waals surface area contributed by atoms with Gasteiger partial charge in [-0.25, -0.2) is 4.79 Å². The molecule has 0 saturated heterocycles. The minimum atomic E-state index is -0.630. The fraction of sp³-hybridized carbons (Fsp3) is 0.333. The summed E-state index contributed by atoms with van der Waals surface area (Å²) in [6, 6.07) is 3.10. The first-order valence-corrected chi connectivity index (χ1v) is 6.10. The molecule has 0 aliphatic carbocycles. The van der Waals surface area contributed by atoms with Crippen LogP contribution in [0.2, 0.25) is 0 Å². The molecule has 0 aromatic heterocycles. The van der Waals surface area contributed by atoms with Crippen LogP contribution in [0.1, 0.15) is 17.3 Å². The van der Waals surface area contributed by atoms with Gasteiger partial charge in [-0.05, 0) is 6.92 Å². The topological polar surface area (TPSA) is 71.1 Å². The van der Waals surface area contributed by atoms with Gasteiger partial charge in [0.15, 0.2) is 6.61 Å². The van der Waals surface area contributed by atoms with Crippen molar-refractivity contribution < 1.29 is 28.5 Å². The van der Waals surface area contributed by atoms with Gasteiger partial charge < -0.3 is 18.9 Å². The molecule has 6 heteroatoms. The zero-order valence-electron chi connectivity index (χ0n) is 12.5. The van der Waals surface area contributed by atoms with Gasteiger partial charge in [-0.15, -0.1) is 0 Å². The molecular formula is C15H18O6. The van der Waals surface area contributed by atoms with Crippen LogP contribution in [-0.2, 0) is 9.53 Å². The minimum Gasteiger partial charge on any atom is -0.496 e. The van der Waals surface area contributed by atoms with Gasteiger partial charge in [0, 0.05) is 17.7 Å². The number of ether oxygens (including phenoxy) is 4. The monoisotopic (exact) mass is 294 g/mol. The van der Waals surface area contributed by atoms with Crippen molar-refractivity contribution in [3.05, 3.63) is 29.8 Å². The summed E-state index contributed by atoms with van der Waals surface area (Å²) < 4.78 is 20.3. The highest BCUT2D eigenvalue weighted by Crippen LogP contribution is 2.34. The number of benzene rings is 1. The quantitative estimate of drug-likeness (QED) is 0.435. The zero-order valence-corrected chi connectivity index (χ0v) is 12.5. The largest absolute Gasteiger partial charge is 0.496 e. The summed E-state index contributed by atoms with van der Waals surface area (Å²) >= 11 is 0. The molecule has 0 amide bonds. The predicted octanol–water partition coefficient (Wildman–Crippen LogP) is 2.01. The van der Waals surface area contributed by atoms with Crippen LogP contribution in [0.15, 0.2) is 24.3 Å². The Bertz CT molecular complexity index is 536. The second-order valence-electron chi connectivity index (χ2n) is 4.19. The molecule has 1 aromatic rings. The van der Waals surface area contributed by atoms with E-state index in [2.05, 4.69) is 6.58 Å². The average Bonchev–Trinajstić information content (AvgIpc) is 2.50. The second kappa shape index (κ2) is 7.33. The molecule has 114 valence electrons. The molecule has 0 heterocycles. The van der Waals surface area contributed by atoms with Crippen molar-refractivity contribution in [1.29, 1.82) is 0 Å². The van der Waals surface area contributed by atoms with Gasteiger partial charge in [-0.3, -0.25) is 4.79 Å². The van der Waals surface area contributed by atoms with Gasteiger partial charge in [0.05, 0.1) is 21.3 Å². The number of rotatable bonds is 7. The number of hydrogen-bond donors (Lipinski definition) is 0. The van der Waals surface area contributed by atoms with Gasteiger partial charge >= 0.3 is 5.97 Å². The van der Waals surface area contributed by atoms with Crippen molar-refractivity contribution in [2.75, 3.05) is 27.9 Å². The molecule has 21 heavy (non-hydrogen) atoms. The Morgan fingerprint density at radius 3 is 1.95 bits per heavy atom. The molecule has 0 fully saturated rings. The first-order valence-electron chi connectivity index (χ1n) is 6.10. The average molecular weight is 294 g/mol. The van der Waals surface area contributed by atoms with Crippen LogP contribution >= 0.6 is 0 Å². The van der Waals surface area contributed by atoms with E-state index in [9.17, 15) is 9.59 Å². The number of ketones is 1. The number of hydrogen-bond acceptors (Lipinski definition) is 6. The molecule has 1 aromatic carbocycles. The lowest BCUT2D eigenvalue weighted by molar-refractivity contribution is -0.137. The SMILES string of the molecule is C=C(C)C(=O)OCC(=O)c1c(OC)cc(OC)cc1OC. The third-order valence-electron chi connectivity index (χ3n) is 2.68. The first kappa shape index (κ1) is 16.6. The summed E-state index contributed by atoms with van der Waals surface area (Å²) in [5.74, 6) is -0.0277. The summed E-state index contributed by atoms with van der Waals surface area (Å²) in [6.07, 6.45) is 0. The van der Waals surface area contributed by atoms with E-state index in [0.29, 0.717) is 5.75 Å². The molecule has 0 atom stereocenters. The van der Waals surface area contributed by atoms with Gasteiger partial charge in [-0.1, -0.05) is 6.58 Å². The number of methoxy groups -OCH3 is 3. The molecular weight excluding hydrogens is 276 g/mol. The van der Waals surface area contributed by atoms with Crippen molar-refractivity contribution in [2.24, 2.45) is 0 Å². The molecule has 6 nitrogen and oxygen atoms in total. The standard InChI is InChI=1S/C15H18O6/c1-9(2)15(17)21-8-11(16)14-12(19-4)6-10(18-3)7-13(14)20-5/h6-7H,1,8H2,2-5H3. The summed E-state index contributed by atoms with van der Waals surface area (Å²) in [4.78, 5) is 23.6. The lowest BCUT2D eigenvalue weighted by Gasteiger charge is -2.14. The number of Topliss-reactive ketones (excluding diaryl/α,β-unsaturated/α-hetero) is 1. The zero-order chi connectivity index (χ0) is 16.0. The molecule has 0 radical (unpaired) electrons. The third kappa shape index (κ3) is 3.98. The predicted molar refractivity (Wildman–Crippen MR) is 76.2 cm³/mol. The smallest absolute Gasteiger partial charge is 0.333 e. The van der Waals surface area contributed by atoms with Crippen molar-refractivity contribution >= 4 is 11.8 Å². The normalized spacial score (nSPS) is 9.71. The van der Waals surface area contributed by atoms with Crippen LogP contribution in [0, 0.1) is 0 Å². The Morgan fingerprint density at radius 1 is 1.05 bits per heavy atom. The van der Waals surface area contributed by atoms with Crippen molar-refractivity contribution in [1.82, 2.24) is 0 Å². The highest BCUT2D eigenvalue weighted by Gasteiger charge is 2.21. The second-order valence-corrected chi connectivity index (χ2v) is 4.19. The Kier molecular flexibility index (Phi) is 5.78. The van der Waals surface area contributed by atoms with Gasteiger partial charge in [0.1, 0.15) is 22.8 Å². The number of carbonyl (C=O) groups is 2. The summed E-state index contributed by atoms with van der Waals surface area (Å²) in [5.41, 5.74) is 0.409. The van der Waals surface area contributed by atoms with E-state index in [0.717, 1.165) is 0 Å². The highest BCUT2D eigenvalue weighted by atomic mass is 16.5. The van der Waals surface area contributed by atoms with Crippen LogP contribution in [-0.4, -0.2) is 39.7 Å². The molecule has 0 saturated carbocycles. The maximum Gasteiger partial charge on any atom is 0.333 e. The lowest BCUT2D eigenvalue weighted by atomic mass is 10.1. The van der Waals surface area contributed by atoms with Crippen LogP contribution in [0.5, 0.6) is 17.2 Å². The molecule has 0 bridgehead atoms. The fourth-order valence-corrected chi connectivity index (χ4v) is 1.61. The van der Waals surface area contributed by atoms with Crippen molar-refractivity contribution in [3.8, 4) is 17.2 Å². The van der Waals surface area contributed by atoms with Gasteiger partial charge in [-0.2, -0.15) is 0 Å². The fourth-order valence-electron chi connectivity index (χ4n) is 1.61. The maximum atomic E-state index is 12.2. The van der Waals surface area contributed by atoms with E-state index in [1.165, 1.54) is 28.3 Å².